The molecule has 0 aliphatic carbocycles. The smallest absolute Gasteiger partial charge is 0.413 e. The maximum atomic E-state index is 13.0. The number of nitrogens with one attached hydrogen (secondary N) is 1. The molecule has 1 heterocycles. The summed E-state index contributed by atoms with van der Waals surface area (Å²) in [5.74, 6) is -0.614. The van der Waals surface area contributed by atoms with Crippen LogP contribution in [0.25, 0.3) is 16.6 Å². The first-order valence-electron chi connectivity index (χ1n) is 8.26. The minimum absolute atomic E-state index is 0.0869. The number of thioether (sulfide) groups is 1. The zero-order chi connectivity index (χ0) is 19.2. The normalized spacial score (nSPS) is 10.6. The Kier molecular flexibility index (Phi) is 5.87. The number of aromatic nitrogens is 2. The molecule has 0 unspecified atom stereocenters. The number of ether oxygens (including phenoxy) is 1. The van der Waals surface area contributed by atoms with Crippen LogP contribution in [0.1, 0.15) is 6.92 Å². The Morgan fingerprint density at radius 3 is 2.56 bits per heavy atom. The van der Waals surface area contributed by atoms with E-state index in [0.29, 0.717) is 21.7 Å². The van der Waals surface area contributed by atoms with Crippen molar-refractivity contribution in [3.05, 3.63) is 65.0 Å². The van der Waals surface area contributed by atoms with Gasteiger partial charge in [-0.25, -0.2) is 9.78 Å². The number of carbonyl (C=O) groups excluding carboxylic acids is 2. The lowest BCUT2D eigenvalue weighted by Crippen LogP contribution is -2.32. The molecular weight excluding hydrogens is 366 g/mol. The Balaban J connectivity index is 1.95. The van der Waals surface area contributed by atoms with Crippen LogP contribution in [0.5, 0.6) is 0 Å². The van der Waals surface area contributed by atoms with E-state index >= 15 is 0 Å². The molecule has 0 spiro atoms. The van der Waals surface area contributed by atoms with E-state index in [1.54, 1.807) is 43.3 Å². The van der Waals surface area contributed by atoms with Crippen molar-refractivity contribution in [3.8, 4) is 5.69 Å². The summed E-state index contributed by atoms with van der Waals surface area (Å²) in [7, 11) is 0. The molecule has 0 bridgehead atoms. The van der Waals surface area contributed by atoms with Crippen LogP contribution in [0, 0.1) is 0 Å². The Bertz CT molecular complexity index is 1030. The third-order valence-corrected chi connectivity index (χ3v) is 4.55. The lowest BCUT2D eigenvalue weighted by molar-refractivity contribution is -0.117. The fraction of sp³-hybridized carbons (Fsp3) is 0.158. The topological polar surface area (TPSA) is 90.3 Å². The second kappa shape index (κ2) is 8.50. The van der Waals surface area contributed by atoms with Crippen LogP contribution in [0.3, 0.4) is 0 Å². The van der Waals surface area contributed by atoms with Gasteiger partial charge >= 0.3 is 6.09 Å². The standard InChI is InChI=1S/C19H17N3O4S/c1-2-26-19(25)21-16(23)12-27-18-20-15-11-7-6-10-14(15)17(24)22(18)13-8-4-3-5-9-13/h3-11H,2,12H2,1H3,(H,21,23,25). The molecule has 2 aromatic carbocycles. The first-order valence-corrected chi connectivity index (χ1v) is 9.25. The molecule has 7 nitrogen and oxygen atoms in total. The van der Waals surface area contributed by atoms with Crippen LogP contribution in [0.2, 0.25) is 0 Å². The summed E-state index contributed by atoms with van der Waals surface area (Å²) in [6, 6.07) is 16.1. The number of hydrogen-bond acceptors (Lipinski definition) is 6. The van der Waals surface area contributed by atoms with Gasteiger partial charge in [0.1, 0.15) is 0 Å². The van der Waals surface area contributed by atoms with Crippen molar-refractivity contribution in [2.75, 3.05) is 12.4 Å². The van der Waals surface area contributed by atoms with Crippen molar-refractivity contribution in [2.45, 2.75) is 12.1 Å². The summed E-state index contributed by atoms with van der Waals surface area (Å²) in [6.07, 6.45) is -0.796. The minimum Gasteiger partial charge on any atom is -0.450 e. The highest BCUT2D eigenvalue weighted by molar-refractivity contribution is 7.99. The lowest BCUT2D eigenvalue weighted by Gasteiger charge is -2.13. The molecule has 1 aromatic heterocycles. The van der Waals surface area contributed by atoms with E-state index < -0.39 is 12.0 Å². The molecule has 0 saturated carbocycles. The van der Waals surface area contributed by atoms with Gasteiger partial charge in [-0.2, -0.15) is 0 Å². The van der Waals surface area contributed by atoms with E-state index in [9.17, 15) is 14.4 Å². The van der Waals surface area contributed by atoms with Gasteiger partial charge in [-0.05, 0) is 31.2 Å². The third kappa shape index (κ3) is 4.35. The number of rotatable bonds is 5. The second-order valence-corrected chi connectivity index (χ2v) is 6.39. The van der Waals surface area contributed by atoms with Gasteiger partial charge in [0, 0.05) is 0 Å². The summed E-state index contributed by atoms with van der Waals surface area (Å²) < 4.78 is 6.15. The first-order chi connectivity index (χ1) is 13.1. The zero-order valence-corrected chi connectivity index (χ0v) is 15.4. The van der Waals surface area contributed by atoms with Gasteiger partial charge in [-0.15, -0.1) is 0 Å². The fourth-order valence-corrected chi connectivity index (χ4v) is 3.27. The van der Waals surface area contributed by atoms with Crippen molar-refractivity contribution in [3.63, 3.8) is 0 Å². The second-order valence-electron chi connectivity index (χ2n) is 5.44. The van der Waals surface area contributed by atoms with E-state index in [-0.39, 0.29) is 17.9 Å². The summed E-state index contributed by atoms with van der Waals surface area (Å²) >= 11 is 1.07. The van der Waals surface area contributed by atoms with Crippen molar-refractivity contribution in [2.24, 2.45) is 0 Å². The van der Waals surface area contributed by atoms with E-state index in [1.807, 2.05) is 18.2 Å². The van der Waals surface area contributed by atoms with Gasteiger partial charge < -0.3 is 4.74 Å². The highest BCUT2D eigenvalue weighted by atomic mass is 32.2. The number of carbonyl (C=O) groups is 2. The van der Waals surface area contributed by atoms with Gasteiger partial charge in [0.25, 0.3) is 5.56 Å². The van der Waals surface area contributed by atoms with Crippen LogP contribution >= 0.6 is 11.8 Å². The molecule has 138 valence electrons. The summed E-state index contributed by atoms with van der Waals surface area (Å²) in [4.78, 5) is 40.8. The van der Waals surface area contributed by atoms with Crippen molar-refractivity contribution in [1.82, 2.24) is 14.9 Å². The number of para-hydroxylation sites is 2. The van der Waals surface area contributed by atoms with Crippen LogP contribution in [0.15, 0.2) is 64.5 Å². The van der Waals surface area contributed by atoms with Crippen LogP contribution in [0.4, 0.5) is 4.79 Å². The lowest BCUT2D eigenvalue weighted by atomic mass is 10.2. The number of imide groups is 1. The maximum Gasteiger partial charge on any atom is 0.413 e. The molecule has 3 aromatic rings. The Morgan fingerprint density at radius 1 is 1.11 bits per heavy atom. The molecule has 2 amide bonds. The van der Waals surface area contributed by atoms with E-state index in [2.05, 4.69) is 15.0 Å². The van der Waals surface area contributed by atoms with Crippen LogP contribution < -0.4 is 10.9 Å². The summed E-state index contributed by atoms with van der Waals surface area (Å²) in [6.45, 7) is 1.82. The van der Waals surface area contributed by atoms with E-state index in [1.165, 1.54) is 4.57 Å². The average molecular weight is 383 g/mol. The van der Waals surface area contributed by atoms with Crippen molar-refractivity contribution >= 4 is 34.7 Å². The quantitative estimate of drug-likeness (QED) is 0.538. The average Bonchev–Trinajstić information content (AvgIpc) is 2.67. The Morgan fingerprint density at radius 2 is 1.81 bits per heavy atom. The largest absolute Gasteiger partial charge is 0.450 e. The molecule has 0 fully saturated rings. The van der Waals surface area contributed by atoms with Gasteiger partial charge in [-0.1, -0.05) is 42.1 Å². The molecular formula is C19H17N3O4S. The SMILES string of the molecule is CCOC(=O)NC(=O)CSc1nc2ccccc2c(=O)n1-c1ccccc1. The zero-order valence-electron chi connectivity index (χ0n) is 14.5. The summed E-state index contributed by atoms with van der Waals surface area (Å²) in [5.41, 5.74) is 0.970. The maximum absolute atomic E-state index is 13.0. The minimum atomic E-state index is -0.796. The van der Waals surface area contributed by atoms with Crippen molar-refractivity contribution in [1.29, 1.82) is 0 Å². The summed E-state index contributed by atoms with van der Waals surface area (Å²) in [5, 5.41) is 2.98. The molecule has 1 N–H and O–H groups in total. The predicted octanol–water partition coefficient (Wildman–Crippen LogP) is 2.75. The molecule has 0 radical (unpaired) electrons. The Labute approximate surface area is 159 Å². The molecule has 0 atom stereocenters. The molecule has 0 aliphatic heterocycles. The highest BCUT2D eigenvalue weighted by Crippen LogP contribution is 2.21. The highest BCUT2D eigenvalue weighted by Gasteiger charge is 2.15. The fourth-order valence-electron chi connectivity index (χ4n) is 2.46. The number of fused-ring (bicyclic) bond motifs is 1. The third-order valence-electron chi connectivity index (χ3n) is 3.61. The Hall–Kier alpha value is -3.13. The van der Waals surface area contributed by atoms with Gasteiger partial charge in [0.05, 0.1) is 29.0 Å². The first kappa shape index (κ1) is 18.7. The number of hydrogen-bond donors (Lipinski definition) is 1. The van der Waals surface area contributed by atoms with Gasteiger partial charge in [-0.3, -0.25) is 19.5 Å². The molecule has 3 rings (SSSR count). The number of alkyl carbamates (subject to hydrolysis) is 1. The molecule has 27 heavy (non-hydrogen) atoms. The molecule has 8 heteroatoms. The van der Waals surface area contributed by atoms with E-state index in [0.717, 1.165) is 11.8 Å². The number of benzene rings is 2. The number of amides is 2. The van der Waals surface area contributed by atoms with Crippen molar-refractivity contribution < 1.29 is 14.3 Å². The van der Waals surface area contributed by atoms with Gasteiger partial charge in [0.2, 0.25) is 5.91 Å². The van der Waals surface area contributed by atoms with Crippen LogP contribution in [-0.2, 0) is 9.53 Å². The molecule has 0 aliphatic rings. The van der Waals surface area contributed by atoms with Gasteiger partial charge in [0.15, 0.2) is 5.16 Å². The monoisotopic (exact) mass is 383 g/mol. The number of nitrogens with zero attached hydrogens (tertiary/aromatic N) is 2. The van der Waals surface area contributed by atoms with Crippen LogP contribution in [-0.4, -0.2) is 33.9 Å². The molecule has 0 saturated heterocycles. The predicted molar refractivity (Wildman–Crippen MR) is 103 cm³/mol. The van der Waals surface area contributed by atoms with E-state index in [4.69, 9.17) is 0 Å².